The molecule has 31 heavy (non-hydrogen) atoms. The molecule has 0 aliphatic carbocycles. The number of anilines is 1. The van der Waals surface area contributed by atoms with Gasteiger partial charge in [-0.25, -0.2) is 13.8 Å². The molecule has 0 fully saturated rings. The highest BCUT2D eigenvalue weighted by molar-refractivity contribution is 7.92. The molecular formula is C20H25N3O7S. The molecule has 0 radical (unpaired) electrons. The number of hydrogen-bond acceptors (Lipinski definition) is 8. The van der Waals surface area contributed by atoms with E-state index in [0.29, 0.717) is 22.8 Å². The van der Waals surface area contributed by atoms with Gasteiger partial charge in [0.2, 0.25) is 10.0 Å². The lowest BCUT2D eigenvalue weighted by Gasteiger charge is -2.23. The summed E-state index contributed by atoms with van der Waals surface area (Å²) in [5, 5.41) is 3.88. The maximum Gasteiger partial charge on any atom is 0.260 e. The molecule has 0 aromatic heterocycles. The highest BCUT2D eigenvalue weighted by atomic mass is 32.2. The van der Waals surface area contributed by atoms with Crippen molar-refractivity contribution in [2.45, 2.75) is 0 Å². The molecule has 0 bridgehead atoms. The SMILES string of the molecule is COc1ccc(N(CC(=O)N/N=C\c2ccc(OC)c(OC)c2)S(C)(=O)=O)c(OC)c1. The molecule has 2 aromatic rings. The standard InChI is InChI=1S/C20H25N3O7S/c1-27-15-7-8-16(18(11-15)29-3)23(31(5,25)26)13-20(24)22-21-12-14-6-9-17(28-2)19(10-14)30-4/h6-12H,13H2,1-5H3,(H,22,24)/b21-12-. The van der Waals surface area contributed by atoms with Gasteiger partial charge in [-0.1, -0.05) is 0 Å². The van der Waals surface area contributed by atoms with Crippen molar-refractivity contribution in [2.24, 2.45) is 5.10 Å². The third kappa shape index (κ3) is 6.25. The number of carbonyl (C=O) groups excluding carboxylic acids is 1. The molecule has 168 valence electrons. The Morgan fingerprint density at radius 1 is 0.968 bits per heavy atom. The number of rotatable bonds is 10. The van der Waals surface area contributed by atoms with Crippen LogP contribution in [0, 0.1) is 0 Å². The summed E-state index contributed by atoms with van der Waals surface area (Å²) in [6, 6.07) is 9.70. The van der Waals surface area contributed by atoms with E-state index < -0.39 is 22.5 Å². The van der Waals surface area contributed by atoms with E-state index in [1.165, 1.54) is 46.8 Å². The van der Waals surface area contributed by atoms with Gasteiger partial charge in [0.05, 0.1) is 46.6 Å². The Morgan fingerprint density at radius 3 is 2.23 bits per heavy atom. The van der Waals surface area contributed by atoms with Gasteiger partial charge < -0.3 is 18.9 Å². The molecule has 0 heterocycles. The Bertz CT molecular complexity index is 1050. The highest BCUT2D eigenvalue weighted by Gasteiger charge is 2.24. The zero-order valence-electron chi connectivity index (χ0n) is 17.9. The van der Waals surface area contributed by atoms with Gasteiger partial charge in [-0.3, -0.25) is 9.10 Å². The maximum absolute atomic E-state index is 12.4. The van der Waals surface area contributed by atoms with Gasteiger partial charge in [-0.05, 0) is 35.9 Å². The third-order valence-electron chi connectivity index (χ3n) is 4.15. The molecule has 2 rings (SSSR count). The molecule has 0 atom stereocenters. The van der Waals surface area contributed by atoms with E-state index in [1.807, 2.05) is 0 Å². The molecule has 0 unspecified atom stereocenters. The van der Waals surface area contributed by atoms with Gasteiger partial charge in [0, 0.05) is 6.07 Å². The summed E-state index contributed by atoms with van der Waals surface area (Å²) < 4.78 is 46.3. The monoisotopic (exact) mass is 451 g/mol. The molecule has 10 nitrogen and oxygen atoms in total. The average Bonchev–Trinajstić information content (AvgIpc) is 2.76. The van der Waals surface area contributed by atoms with Crippen LogP contribution in [-0.4, -0.2) is 61.8 Å². The number of hydrazone groups is 1. The quantitative estimate of drug-likeness (QED) is 0.431. The first-order valence-corrected chi connectivity index (χ1v) is 10.8. The van der Waals surface area contributed by atoms with Gasteiger partial charge in [-0.15, -0.1) is 0 Å². The second-order valence-electron chi connectivity index (χ2n) is 6.22. The second kappa shape index (κ2) is 10.5. The summed E-state index contributed by atoms with van der Waals surface area (Å²) in [5.41, 5.74) is 3.16. The Balaban J connectivity index is 2.17. The number of amides is 1. The van der Waals surface area contributed by atoms with Crippen molar-refractivity contribution in [3.63, 3.8) is 0 Å². The Labute approximate surface area is 181 Å². The molecule has 11 heteroatoms. The summed E-state index contributed by atoms with van der Waals surface area (Å²) in [6.45, 7) is -0.495. The zero-order chi connectivity index (χ0) is 23.0. The van der Waals surface area contributed by atoms with E-state index >= 15 is 0 Å². The maximum atomic E-state index is 12.4. The Morgan fingerprint density at radius 2 is 1.65 bits per heavy atom. The molecule has 0 saturated carbocycles. The van der Waals surface area contributed by atoms with Crippen molar-refractivity contribution in [1.29, 1.82) is 0 Å². The van der Waals surface area contributed by atoms with Crippen LogP contribution in [0.4, 0.5) is 5.69 Å². The Hall–Kier alpha value is -3.47. The lowest BCUT2D eigenvalue weighted by atomic mass is 10.2. The van der Waals surface area contributed by atoms with Crippen LogP contribution in [0.25, 0.3) is 0 Å². The van der Waals surface area contributed by atoms with Crippen LogP contribution in [0.1, 0.15) is 5.56 Å². The van der Waals surface area contributed by atoms with Crippen LogP contribution >= 0.6 is 0 Å². The van der Waals surface area contributed by atoms with Crippen molar-refractivity contribution in [3.05, 3.63) is 42.0 Å². The largest absolute Gasteiger partial charge is 0.497 e. The number of hydrogen-bond donors (Lipinski definition) is 1. The summed E-state index contributed by atoms with van der Waals surface area (Å²) in [4.78, 5) is 12.4. The molecule has 0 aliphatic heterocycles. The summed E-state index contributed by atoms with van der Waals surface area (Å²) in [5.74, 6) is 1.15. The normalized spacial score (nSPS) is 11.1. The predicted molar refractivity (Wildman–Crippen MR) is 117 cm³/mol. The number of sulfonamides is 1. The molecule has 0 aliphatic rings. The van der Waals surface area contributed by atoms with E-state index in [1.54, 1.807) is 24.3 Å². The van der Waals surface area contributed by atoms with Crippen molar-refractivity contribution in [1.82, 2.24) is 5.43 Å². The number of nitrogens with zero attached hydrogens (tertiary/aromatic N) is 2. The minimum Gasteiger partial charge on any atom is -0.497 e. The molecule has 1 amide bonds. The van der Waals surface area contributed by atoms with Gasteiger partial charge in [0.1, 0.15) is 18.0 Å². The predicted octanol–water partition coefficient (Wildman–Crippen LogP) is 1.64. The van der Waals surface area contributed by atoms with Gasteiger partial charge in [-0.2, -0.15) is 5.10 Å². The number of methoxy groups -OCH3 is 4. The highest BCUT2D eigenvalue weighted by Crippen LogP contribution is 2.33. The fourth-order valence-electron chi connectivity index (χ4n) is 2.65. The summed E-state index contributed by atoms with van der Waals surface area (Å²) in [7, 11) is 2.12. The molecule has 0 spiro atoms. The minimum atomic E-state index is -3.79. The summed E-state index contributed by atoms with van der Waals surface area (Å²) >= 11 is 0. The molecule has 1 N–H and O–H groups in total. The number of carbonyl (C=O) groups is 1. The van der Waals surface area contributed by atoms with E-state index in [2.05, 4.69) is 10.5 Å². The smallest absolute Gasteiger partial charge is 0.260 e. The van der Waals surface area contributed by atoms with Crippen molar-refractivity contribution in [3.8, 4) is 23.0 Å². The fourth-order valence-corrected chi connectivity index (χ4v) is 3.51. The molecule has 0 saturated heterocycles. The lowest BCUT2D eigenvalue weighted by molar-refractivity contribution is -0.119. The van der Waals surface area contributed by atoms with Gasteiger partial charge >= 0.3 is 0 Å². The number of benzene rings is 2. The van der Waals surface area contributed by atoms with Crippen LogP contribution in [-0.2, 0) is 14.8 Å². The lowest BCUT2D eigenvalue weighted by Crippen LogP contribution is -2.39. The second-order valence-corrected chi connectivity index (χ2v) is 8.12. The molecule has 2 aromatic carbocycles. The Kier molecular flexibility index (Phi) is 8.08. The fraction of sp³-hybridized carbons (Fsp3) is 0.300. The van der Waals surface area contributed by atoms with Crippen LogP contribution in [0.2, 0.25) is 0 Å². The van der Waals surface area contributed by atoms with E-state index in [-0.39, 0.29) is 11.4 Å². The van der Waals surface area contributed by atoms with E-state index in [4.69, 9.17) is 18.9 Å². The van der Waals surface area contributed by atoms with E-state index in [9.17, 15) is 13.2 Å². The average molecular weight is 452 g/mol. The third-order valence-corrected chi connectivity index (χ3v) is 5.28. The topological polar surface area (TPSA) is 116 Å². The van der Waals surface area contributed by atoms with Gasteiger partial charge in [0.15, 0.2) is 11.5 Å². The van der Waals surface area contributed by atoms with Gasteiger partial charge in [0.25, 0.3) is 5.91 Å². The first-order valence-electron chi connectivity index (χ1n) is 8.97. The van der Waals surface area contributed by atoms with Crippen LogP contribution in [0.15, 0.2) is 41.5 Å². The van der Waals surface area contributed by atoms with Crippen molar-refractivity contribution >= 4 is 27.8 Å². The van der Waals surface area contributed by atoms with E-state index in [0.717, 1.165) is 10.6 Å². The summed E-state index contributed by atoms with van der Waals surface area (Å²) in [6.07, 6.45) is 2.40. The number of nitrogens with one attached hydrogen (secondary N) is 1. The minimum absolute atomic E-state index is 0.199. The van der Waals surface area contributed by atoms with Crippen LogP contribution in [0.3, 0.4) is 0 Å². The van der Waals surface area contributed by atoms with Crippen LogP contribution in [0.5, 0.6) is 23.0 Å². The van der Waals surface area contributed by atoms with Crippen molar-refractivity contribution < 1.29 is 32.2 Å². The molecular weight excluding hydrogens is 426 g/mol. The zero-order valence-corrected chi connectivity index (χ0v) is 18.7. The van der Waals surface area contributed by atoms with Crippen LogP contribution < -0.4 is 28.7 Å². The first-order chi connectivity index (χ1) is 14.7. The first kappa shape index (κ1) is 23.8. The number of ether oxygens (including phenoxy) is 4. The van der Waals surface area contributed by atoms with Crippen molar-refractivity contribution in [2.75, 3.05) is 45.5 Å².